The molecular formula is C19H21F2N3. The number of hydrogen-bond acceptors (Lipinski definition) is 1. The van der Waals surface area contributed by atoms with Crippen molar-refractivity contribution in [2.75, 3.05) is 11.9 Å². The smallest absolute Gasteiger partial charge is 0.193 e. The maximum atomic E-state index is 14.0. The van der Waals surface area contributed by atoms with E-state index in [-0.39, 0.29) is 18.1 Å². The second-order valence-electron chi connectivity index (χ2n) is 6.50. The molecule has 0 amide bonds. The quantitative estimate of drug-likeness (QED) is 0.657. The third-order valence-corrected chi connectivity index (χ3v) is 4.68. The Kier molecular flexibility index (Phi) is 4.26. The number of nitrogens with two attached hydrogens (primary N) is 1. The highest BCUT2D eigenvalue weighted by molar-refractivity contribution is 5.92. The maximum Gasteiger partial charge on any atom is 0.193 e. The molecule has 0 spiro atoms. The molecule has 3 rings (SSSR count). The van der Waals surface area contributed by atoms with E-state index in [1.54, 1.807) is 0 Å². The average molecular weight is 329 g/mol. The molecule has 3 N–H and O–H groups in total. The summed E-state index contributed by atoms with van der Waals surface area (Å²) in [4.78, 5) is 4.31. The number of benzene rings is 2. The van der Waals surface area contributed by atoms with Crippen LogP contribution in [-0.4, -0.2) is 12.5 Å². The molecule has 3 nitrogen and oxygen atoms in total. The summed E-state index contributed by atoms with van der Waals surface area (Å²) in [6, 6.07) is 9.87. The standard InChI is InChI=1S/C19H21F2N3/c1-12-6-7-14(10-13(12)2)24-18(22)23-11-19(8-9-19)17-15(20)4-3-5-16(17)21/h3-7,10H,8-9,11H2,1-2H3,(H3,22,23,24). The van der Waals surface area contributed by atoms with E-state index in [1.165, 1.54) is 23.8 Å². The fraction of sp³-hybridized carbons (Fsp3) is 0.316. The predicted octanol–water partition coefficient (Wildman–Crippen LogP) is 4.04. The van der Waals surface area contributed by atoms with Gasteiger partial charge in [-0.2, -0.15) is 0 Å². The normalized spacial score (nSPS) is 16.1. The fourth-order valence-electron chi connectivity index (χ4n) is 2.89. The molecule has 2 aromatic rings. The Hall–Kier alpha value is -2.43. The van der Waals surface area contributed by atoms with Gasteiger partial charge in [-0.1, -0.05) is 12.1 Å². The Morgan fingerprint density at radius 2 is 1.79 bits per heavy atom. The van der Waals surface area contributed by atoms with Gasteiger partial charge in [0.05, 0.1) is 6.54 Å². The van der Waals surface area contributed by atoms with Gasteiger partial charge < -0.3 is 11.1 Å². The van der Waals surface area contributed by atoms with E-state index in [2.05, 4.69) is 10.3 Å². The monoisotopic (exact) mass is 329 g/mol. The molecule has 0 atom stereocenters. The van der Waals surface area contributed by atoms with Crippen molar-refractivity contribution < 1.29 is 8.78 Å². The molecule has 24 heavy (non-hydrogen) atoms. The molecule has 1 aliphatic carbocycles. The molecule has 2 aromatic carbocycles. The van der Waals surface area contributed by atoms with E-state index in [0.717, 1.165) is 11.3 Å². The lowest BCUT2D eigenvalue weighted by Gasteiger charge is -2.16. The van der Waals surface area contributed by atoms with Crippen LogP contribution >= 0.6 is 0 Å². The number of aryl methyl sites for hydroxylation is 2. The molecule has 0 aromatic heterocycles. The van der Waals surface area contributed by atoms with Crippen LogP contribution in [0.25, 0.3) is 0 Å². The van der Waals surface area contributed by atoms with Crippen LogP contribution in [0.2, 0.25) is 0 Å². The van der Waals surface area contributed by atoms with E-state index in [0.29, 0.717) is 12.8 Å². The zero-order valence-corrected chi connectivity index (χ0v) is 13.9. The van der Waals surface area contributed by atoms with Gasteiger partial charge in [0.25, 0.3) is 0 Å². The Labute approximate surface area is 140 Å². The van der Waals surface area contributed by atoms with Crippen molar-refractivity contribution in [2.24, 2.45) is 10.7 Å². The molecule has 126 valence electrons. The van der Waals surface area contributed by atoms with Crippen molar-refractivity contribution in [3.8, 4) is 0 Å². The number of hydrogen-bond donors (Lipinski definition) is 2. The minimum absolute atomic E-state index is 0.132. The van der Waals surface area contributed by atoms with Crippen LogP contribution in [0.4, 0.5) is 14.5 Å². The highest BCUT2D eigenvalue weighted by atomic mass is 19.1. The van der Waals surface area contributed by atoms with Gasteiger partial charge in [0.15, 0.2) is 5.96 Å². The second kappa shape index (κ2) is 6.23. The Bertz CT molecular complexity index is 775. The number of rotatable bonds is 4. The molecular weight excluding hydrogens is 308 g/mol. The molecule has 1 fully saturated rings. The summed E-state index contributed by atoms with van der Waals surface area (Å²) in [5, 5.41) is 3.03. The first-order valence-electron chi connectivity index (χ1n) is 8.00. The van der Waals surface area contributed by atoms with Crippen LogP contribution in [0.5, 0.6) is 0 Å². The van der Waals surface area contributed by atoms with E-state index >= 15 is 0 Å². The summed E-state index contributed by atoms with van der Waals surface area (Å²) >= 11 is 0. The molecule has 0 aliphatic heterocycles. The highest BCUT2D eigenvalue weighted by Crippen LogP contribution is 2.50. The zero-order chi connectivity index (χ0) is 17.3. The highest BCUT2D eigenvalue weighted by Gasteiger charge is 2.47. The molecule has 0 radical (unpaired) electrons. The van der Waals surface area contributed by atoms with Gasteiger partial charge in [0.1, 0.15) is 11.6 Å². The van der Waals surface area contributed by atoms with Gasteiger partial charge in [-0.05, 0) is 62.1 Å². The van der Waals surface area contributed by atoms with E-state index < -0.39 is 17.0 Å². The lowest BCUT2D eigenvalue weighted by molar-refractivity contribution is 0.517. The first kappa shape index (κ1) is 16.4. The number of halogens is 2. The third-order valence-electron chi connectivity index (χ3n) is 4.68. The third kappa shape index (κ3) is 3.25. The first-order valence-corrected chi connectivity index (χ1v) is 8.00. The topological polar surface area (TPSA) is 50.4 Å². The van der Waals surface area contributed by atoms with Crippen LogP contribution in [0.1, 0.15) is 29.5 Å². The first-order chi connectivity index (χ1) is 11.4. The molecule has 1 aliphatic rings. The molecule has 0 bridgehead atoms. The van der Waals surface area contributed by atoms with Gasteiger partial charge in [-0.15, -0.1) is 0 Å². The summed E-state index contributed by atoms with van der Waals surface area (Å²) in [5.74, 6) is -0.770. The number of nitrogens with one attached hydrogen (secondary N) is 1. The fourth-order valence-corrected chi connectivity index (χ4v) is 2.89. The minimum Gasteiger partial charge on any atom is -0.370 e. The van der Waals surface area contributed by atoms with Crippen molar-refractivity contribution in [3.63, 3.8) is 0 Å². The van der Waals surface area contributed by atoms with Crippen molar-refractivity contribution >= 4 is 11.6 Å². The van der Waals surface area contributed by atoms with Crippen LogP contribution in [0.3, 0.4) is 0 Å². The predicted molar refractivity (Wildman–Crippen MR) is 93.3 cm³/mol. The van der Waals surface area contributed by atoms with Crippen molar-refractivity contribution in [1.29, 1.82) is 0 Å². The summed E-state index contributed by atoms with van der Waals surface area (Å²) in [6.45, 7) is 4.33. The SMILES string of the molecule is Cc1ccc(NC(N)=NCC2(c3c(F)cccc3F)CC2)cc1C. The Morgan fingerprint density at radius 1 is 1.12 bits per heavy atom. The summed E-state index contributed by atoms with van der Waals surface area (Å²) < 4.78 is 28.0. The largest absolute Gasteiger partial charge is 0.370 e. The van der Waals surface area contributed by atoms with Crippen molar-refractivity contribution in [3.05, 3.63) is 64.7 Å². The van der Waals surface area contributed by atoms with E-state index in [4.69, 9.17) is 5.73 Å². The number of guanidine groups is 1. The lowest BCUT2D eigenvalue weighted by atomic mass is 9.95. The Balaban J connectivity index is 1.74. The van der Waals surface area contributed by atoms with Gasteiger partial charge in [0.2, 0.25) is 0 Å². The van der Waals surface area contributed by atoms with E-state index in [9.17, 15) is 8.78 Å². The van der Waals surface area contributed by atoms with Crippen LogP contribution in [0, 0.1) is 25.5 Å². The van der Waals surface area contributed by atoms with Crippen LogP contribution in [-0.2, 0) is 5.41 Å². The lowest BCUT2D eigenvalue weighted by Crippen LogP contribution is -2.25. The Morgan fingerprint density at radius 3 is 2.38 bits per heavy atom. The number of anilines is 1. The summed E-state index contributed by atoms with van der Waals surface area (Å²) in [7, 11) is 0. The second-order valence-corrected chi connectivity index (χ2v) is 6.50. The zero-order valence-electron chi connectivity index (χ0n) is 13.9. The molecule has 1 saturated carbocycles. The average Bonchev–Trinajstić information content (AvgIpc) is 3.30. The van der Waals surface area contributed by atoms with Gasteiger partial charge in [-0.25, -0.2) is 8.78 Å². The van der Waals surface area contributed by atoms with Gasteiger partial charge in [-0.3, -0.25) is 4.99 Å². The number of aliphatic imine (C=N–C) groups is 1. The van der Waals surface area contributed by atoms with E-state index in [1.807, 2.05) is 32.0 Å². The summed E-state index contributed by atoms with van der Waals surface area (Å²) in [5.41, 5.74) is 8.70. The van der Waals surface area contributed by atoms with Crippen molar-refractivity contribution in [2.45, 2.75) is 32.1 Å². The van der Waals surface area contributed by atoms with Gasteiger partial charge >= 0.3 is 0 Å². The van der Waals surface area contributed by atoms with Crippen LogP contribution < -0.4 is 11.1 Å². The van der Waals surface area contributed by atoms with Gasteiger partial charge in [0, 0.05) is 16.7 Å². The minimum atomic E-state index is -0.565. The van der Waals surface area contributed by atoms with Crippen molar-refractivity contribution in [1.82, 2.24) is 0 Å². The molecule has 5 heteroatoms. The molecule has 0 unspecified atom stereocenters. The molecule has 0 heterocycles. The maximum absolute atomic E-state index is 14.0. The summed E-state index contributed by atoms with van der Waals surface area (Å²) in [6.07, 6.45) is 1.43. The molecule has 0 saturated heterocycles. The number of nitrogens with zero attached hydrogens (tertiary/aromatic N) is 1. The van der Waals surface area contributed by atoms with Crippen LogP contribution in [0.15, 0.2) is 41.4 Å².